The quantitative estimate of drug-likeness (QED) is 0.316. The summed E-state index contributed by atoms with van der Waals surface area (Å²) in [6, 6.07) is 9.12. The van der Waals surface area contributed by atoms with E-state index in [1.807, 2.05) is 25.1 Å². The zero-order chi connectivity index (χ0) is 21.6. The Morgan fingerprint density at radius 1 is 1.23 bits per heavy atom. The minimum atomic E-state index is -0.377. The highest BCUT2D eigenvalue weighted by Gasteiger charge is 2.11. The van der Waals surface area contributed by atoms with Gasteiger partial charge >= 0.3 is 5.97 Å². The molecule has 4 rings (SSSR count). The maximum Gasteiger partial charge on any atom is 0.307 e. The first-order valence-electron chi connectivity index (χ1n) is 9.95. The maximum absolute atomic E-state index is 12.6. The van der Waals surface area contributed by atoms with Gasteiger partial charge in [-0.05, 0) is 37.1 Å². The van der Waals surface area contributed by atoms with E-state index in [9.17, 15) is 9.59 Å². The molecular formula is C22H21N5O4. The predicted molar refractivity (Wildman–Crippen MR) is 112 cm³/mol. The van der Waals surface area contributed by atoms with Crippen LogP contribution in [0.5, 0.6) is 0 Å². The fourth-order valence-corrected chi connectivity index (χ4v) is 3.16. The number of carbonyl (C=O) groups is 1. The van der Waals surface area contributed by atoms with Crippen molar-refractivity contribution < 1.29 is 14.1 Å². The standard InChI is InChI=1S/C22H21N5O4/c1-15-5-2-7-17-20(15)24-14-27(22(17)29)11-9-19(28)30-12-4-8-18-25-21(26-31-18)16-6-3-10-23-13-16/h2-3,5-7,10,13-14H,4,8-9,11-12H2,1H3. The molecule has 1 aromatic carbocycles. The molecule has 31 heavy (non-hydrogen) atoms. The van der Waals surface area contributed by atoms with Gasteiger partial charge in [-0.2, -0.15) is 4.98 Å². The van der Waals surface area contributed by atoms with Crippen LogP contribution in [0.4, 0.5) is 0 Å². The SMILES string of the molecule is Cc1cccc2c(=O)n(CCC(=O)OCCCc3nc(-c4cccnc4)no3)cnc12. The largest absolute Gasteiger partial charge is 0.466 e. The number of carbonyl (C=O) groups excluding carboxylic acids is 1. The van der Waals surface area contributed by atoms with Crippen LogP contribution in [0.3, 0.4) is 0 Å². The molecule has 9 heteroatoms. The number of aromatic nitrogens is 5. The van der Waals surface area contributed by atoms with E-state index < -0.39 is 0 Å². The summed E-state index contributed by atoms with van der Waals surface area (Å²) in [4.78, 5) is 37.3. The van der Waals surface area contributed by atoms with Gasteiger partial charge in [0, 0.05) is 30.9 Å². The second kappa shape index (κ2) is 9.29. The number of pyridine rings is 1. The van der Waals surface area contributed by atoms with Gasteiger partial charge < -0.3 is 9.26 Å². The van der Waals surface area contributed by atoms with Crippen molar-refractivity contribution in [2.24, 2.45) is 0 Å². The van der Waals surface area contributed by atoms with Crippen LogP contribution in [0.1, 0.15) is 24.3 Å². The zero-order valence-corrected chi connectivity index (χ0v) is 17.0. The lowest BCUT2D eigenvalue weighted by Gasteiger charge is -2.08. The van der Waals surface area contributed by atoms with Crippen molar-refractivity contribution in [1.29, 1.82) is 0 Å². The van der Waals surface area contributed by atoms with Crippen LogP contribution < -0.4 is 5.56 Å². The summed E-state index contributed by atoms with van der Waals surface area (Å²) in [5, 5.41) is 4.47. The Balaban J connectivity index is 1.23. The van der Waals surface area contributed by atoms with Crippen molar-refractivity contribution in [3.8, 4) is 11.4 Å². The Kier molecular flexibility index (Phi) is 6.11. The van der Waals surface area contributed by atoms with Crippen LogP contribution in [0, 0.1) is 6.92 Å². The number of rotatable bonds is 8. The van der Waals surface area contributed by atoms with Crippen molar-refractivity contribution in [1.82, 2.24) is 24.7 Å². The van der Waals surface area contributed by atoms with Gasteiger partial charge in [0.2, 0.25) is 11.7 Å². The third-order valence-corrected chi connectivity index (χ3v) is 4.80. The molecule has 0 saturated carbocycles. The predicted octanol–water partition coefficient (Wildman–Crippen LogP) is 2.72. The lowest BCUT2D eigenvalue weighted by molar-refractivity contribution is -0.144. The van der Waals surface area contributed by atoms with Gasteiger partial charge in [-0.15, -0.1) is 0 Å². The van der Waals surface area contributed by atoms with E-state index in [0.29, 0.717) is 35.5 Å². The van der Waals surface area contributed by atoms with Crippen LogP contribution in [-0.2, 0) is 22.5 Å². The van der Waals surface area contributed by atoms with Crippen molar-refractivity contribution >= 4 is 16.9 Å². The van der Waals surface area contributed by atoms with Crippen molar-refractivity contribution in [3.63, 3.8) is 0 Å². The zero-order valence-electron chi connectivity index (χ0n) is 17.0. The molecule has 0 bridgehead atoms. The summed E-state index contributed by atoms with van der Waals surface area (Å²) in [5.74, 6) is 0.571. The third kappa shape index (κ3) is 4.82. The maximum atomic E-state index is 12.6. The molecule has 9 nitrogen and oxygen atoms in total. The van der Waals surface area contributed by atoms with Crippen LogP contribution >= 0.6 is 0 Å². The van der Waals surface area contributed by atoms with Crippen molar-refractivity contribution in [2.75, 3.05) is 6.61 Å². The number of aryl methyl sites for hydroxylation is 3. The van der Waals surface area contributed by atoms with Crippen LogP contribution in [-0.4, -0.2) is 37.3 Å². The molecule has 3 aromatic heterocycles. The number of esters is 1. The van der Waals surface area contributed by atoms with Crippen LogP contribution in [0.25, 0.3) is 22.3 Å². The molecule has 0 radical (unpaired) electrons. The summed E-state index contributed by atoms with van der Waals surface area (Å²) >= 11 is 0. The van der Waals surface area contributed by atoms with E-state index in [1.54, 1.807) is 24.5 Å². The Labute approximate surface area is 177 Å². The van der Waals surface area contributed by atoms with E-state index >= 15 is 0 Å². The van der Waals surface area contributed by atoms with Gasteiger partial charge in [-0.1, -0.05) is 17.3 Å². The molecule has 0 aliphatic carbocycles. The molecule has 0 spiro atoms. The van der Waals surface area contributed by atoms with Gasteiger partial charge in [-0.25, -0.2) is 4.98 Å². The molecule has 0 saturated heterocycles. The van der Waals surface area contributed by atoms with Crippen LogP contribution in [0.15, 0.2) is 58.4 Å². The summed E-state index contributed by atoms with van der Waals surface area (Å²) in [5.41, 5.74) is 2.23. The first kappa shape index (κ1) is 20.4. The average Bonchev–Trinajstić information content (AvgIpc) is 3.26. The molecule has 4 aromatic rings. The van der Waals surface area contributed by atoms with Gasteiger partial charge in [0.15, 0.2) is 0 Å². The van der Waals surface area contributed by atoms with E-state index in [4.69, 9.17) is 9.26 Å². The fourth-order valence-electron chi connectivity index (χ4n) is 3.16. The van der Waals surface area contributed by atoms with Gasteiger partial charge in [0.25, 0.3) is 5.56 Å². The Morgan fingerprint density at radius 2 is 2.13 bits per heavy atom. The lowest BCUT2D eigenvalue weighted by Crippen LogP contribution is -2.22. The molecule has 0 amide bonds. The molecule has 0 atom stereocenters. The number of hydrogen-bond donors (Lipinski definition) is 0. The van der Waals surface area contributed by atoms with E-state index in [1.165, 1.54) is 10.9 Å². The molecule has 0 unspecified atom stereocenters. The number of para-hydroxylation sites is 1. The molecule has 158 valence electrons. The lowest BCUT2D eigenvalue weighted by atomic mass is 10.1. The van der Waals surface area contributed by atoms with E-state index in [2.05, 4.69) is 20.1 Å². The van der Waals surface area contributed by atoms with Crippen LogP contribution in [0.2, 0.25) is 0 Å². The highest BCUT2D eigenvalue weighted by atomic mass is 16.5. The highest BCUT2D eigenvalue weighted by molar-refractivity contribution is 5.80. The summed E-state index contributed by atoms with van der Waals surface area (Å²) in [6.07, 6.45) is 5.94. The first-order chi connectivity index (χ1) is 15.1. The Hall–Kier alpha value is -3.88. The molecular weight excluding hydrogens is 398 g/mol. The minimum absolute atomic E-state index is 0.0879. The Morgan fingerprint density at radius 3 is 2.97 bits per heavy atom. The van der Waals surface area contributed by atoms with Gasteiger partial charge in [0.1, 0.15) is 0 Å². The topological polar surface area (TPSA) is 113 Å². The number of fused-ring (bicyclic) bond motifs is 1. The summed E-state index contributed by atoms with van der Waals surface area (Å²) < 4.78 is 11.9. The number of nitrogens with zero attached hydrogens (tertiary/aromatic N) is 5. The highest BCUT2D eigenvalue weighted by Crippen LogP contribution is 2.14. The van der Waals surface area contributed by atoms with Gasteiger partial charge in [-0.3, -0.25) is 19.1 Å². The molecule has 0 aliphatic heterocycles. The van der Waals surface area contributed by atoms with E-state index in [-0.39, 0.29) is 31.1 Å². The van der Waals surface area contributed by atoms with E-state index in [0.717, 1.165) is 11.1 Å². The second-order valence-corrected chi connectivity index (χ2v) is 7.04. The molecule has 0 fully saturated rings. The normalized spacial score (nSPS) is 11.0. The molecule has 0 N–H and O–H groups in total. The molecule has 0 aliphatic rings. The smallest absolute Gasteiger partial charge is 0.307 e. The Bertz CT molecular complexity index is 1250. The number of ether oxygens (including phenoxy) is 1. The minimum Gasteiger partial charge on any atom is -0.466 e. The average molecular weight is 419 g/mol. The fraction of sp³-hybridized carbons (Fsp3) is 0.273. The summed E-state index contributed by atoms with van der Waals surface area (Å²) in [6.45, 7) is 2.35. The molecule has 3 heterocycles. The number of benzene rings is 1. The third-order valence-electron chi connectivity index (χ3n) is 4.80. The number of hydrogen-bond acceptors (Lipinski definition) is 8. The monoisotopic (exact) mass is 419 g/mol. The van der Waals surface area contributed by atoms with Crippen molar-refractivity contribution in [2.45, 2.75) is 32.7 Å². The second-order valence-electron chi connectivity index (χ2n) is 7.04. The van der Waals surface area contributed by atoms with Crippen molar-refractivity contribution in [3.05, 3.63) is 70.9 Å². The first-order valence-corrected chi connectivity index (χ1v) is 9.95. The summed E-state index contributed by atoms with van der Waals surface area (Å²) in [7, 11) is 0. The van der Waals surface area contributed by atoms with Gasteiger partial charge in [0.05, 0.1) is 30.3 Å².